The topological polar surface area (TPSA) is 15.6 Å². The lowest BCUT2D eigenvalue weighted by Gasteiger charge is -2.21. The van der Waals surface area contributed by atoms with Gasteiger partial charge in [0.1, 0.15) is 5.84 Å². The zero-order chi connectivity index (χ0) is 13.7. The number of hydrogen-bond acceptors (Lipinski definition) is 1. The summed E-state index contributed by atoms with van der Waals surface area (Å²) in [5.41, 5.74) is 0.844. The van der Waals surface area contributed by atoms with E-state index in [9.17, 15) is 0 Å². The number of aliphatic imine (C=N–C) groups is 1. The Hall–Kier alpha value is -0.730. The Bertz CT molecular complexity index is 428. The van der Waals surface area contributed by atoms with Gasteiger partial charge in [0.15, 0.2) is 0 Å². The normalized spacial score (nSPS) is 13.6. The Kier molecular flexibility index (Phi) is 5.97. The average molecular weight is 287 g/mol. The molecule has 1 rings (SSSR count). The molecule has 1 atom stereocenters. The maximum atomic E-state index is 6.00. The first-order chi connectivity index (χ1) is 8.45. The fourth-order valence-corrected chi connectivity index (χ4v) is 2.19. The summed E-state index contributed by atoms with van der Waals surface area (Å²) < 4.78 is 0. The molecule has 0 unspecified atom stereocenters. The molecule has 2 nitrogen and oxygen atoms in total. The predicted octanol–water partition coefficient (Wildman–Crippen LogP) is 5.02. The first kappa shape index (κ1) is 15.3. The Balaban J connectivity index is 3.04. The first-order valence-corrected chi connectivity index (χ1v) is 6.92. The summed E-state index contributed by atoms with van der Waals surface area (Å²) in [6, 6.07) is 5.46. The maximum absolute atomic E-state index is 6.00. The number of benzene rings is 1. The minimum absolute atomic E-state index is 0.430. The van der Waals surface area contributed by atoms with E-state index in [0.29, 0.717) is 16.0 Å². The van der Waals surface area contributed by atoms with Crippen LogP contribution in [-0.4, -0.2) is 24.8 Å². The van der Waals surface area contributed by atoms with Crippen molar-refractivity contribution in [3.8, 4) is 0 Å². The molecule has 0 spiro atoms. The Morgan fingerprint density at radius 2 is 1.94 bits per heavy atom. The second-order valence-corrected chi connectivity index (χ2v) is 5.47. The summed E-state index contributed by atoms with van der Waals surface area (Å²) in [4.78, 5) is 6.74. The molecule has 1 aromatic carbocycles. The van der Waals surface area contributed by atoms with Crippen LogP contribution in [0.4, 0.5) is 5.69 Å². The van der Waals surface area contributed by atoms with Gasteiger partial charge in [-0.3, -0.25) is 0 Å². The fourth-order valence-electron chi connectivity index (χ4n) is 1.90. The van der Waals surface area contributed by atoms with Crippen LogP contribution in [-0.2, 0) is 0 Å². The molecule has 0 N–H and O–H groups in total. The largest absolute Gasteiger partial charge is 0.366 e. The van der Waals surface area contributed by atoms with Crippen LogP contribution < -0.4 is 0 Å². The third-order valence-electron chi connectivity index (χ3n) is 2.77. The lowest BCUT2D eigenvalue weighted by molar-refractivity contribution is 0.538. The van der Waals surface area contributed by atoms with E-state index in [1.165, 1.54) is 0 Å². The lowest BCUT2D eigenvalue weighted by atomic mass is 10.0. The Morgan fingerprint density at radius 3 is 2.44 bits per heavy atom. The van der Waals surface area contributed by atoms with E-state index in [1.807, 2.05) is 20.2 Å². The van der Waals surface area contributed by atoms with Crippen molar-refractivity contribution in [2.24, 2.45) is 10.9 Å². The van der Waals surface area contributed by atoms with Crippen LogP contribution in [0.25, 0.3) is 0 Å². The molecule has 0 aromatic heterocycles. The minimum Gasteiger partial charge on any atom is -0.366 e. The zero-order valence-electron chi connectivity index (χ0n) is 11.4. The van der Waals surface area contributed by atoms with Gasteiger partial charge in [0.25, 0.3) is 0 Å². The predicted molar refractivity (Wildman–Crippen MR) is 81.3 cm³/mol. The van der Waals surface area contributed by atoms with Crippen molar-refractivity contribution in [1.82, 2.24) is 4.90 Å². The highest BCUT2D eigenvalue weighted by atomic mass is 35.5. The number of hydrogen-bond donors (Lipinski definition) is 0. The summed E-state index contributed by atoms with van der Waals surface area (Å²) in [6.07, 6.45) is 2.27. The van der Waals surface area contributed by atoms with Gasteiger partial charge in [0.05, 0.1) is 15.7 Å². The summed E-state index contributed by atoms with van der Waals surface area (Å²) in [5, 5.41) is 1.10. The van der Waals surface area contributed by atoms with E-state index >= 15 is 0 Å². The molecule has 0 aliphatic rings. The van der Waals surface area contributed by atoms with E-state index in [2.05, 4.69) is 23.7 Å². The van der Waals surface area contributed by atoms with Gasteiger partial charge in [-0.25, -0.2) is 4.99 Å². The molecular formula is C14H20Cl2N2. The van der Waals surface area contributed by atoms with Crippen molar-refractivity contribution in [1.29, 1.82) is 0 Å². The highest BCUT2D eigenvalue weighted by Crippen LogP contribution is 2.27. The van der Waals surface area contributed by atoms with Crippen molar-refractivity contribution >= 4 is 34.7 Å². The Labute approximate surface area is 120 Å². The standard InChI is InChI=1S/C14H20Cl2N2/c1-5-6-10(2)14(18(3)4)17-11-7-8-12(15)13(16)9-11/h7-10H,5-6H2,1-4H3/t10-/m0/s1. The van der Waals surface area contributed by atoms with Gasteiger partial charge < -0.3 is 4.90 Å². The molecule has 0 aliphatic carbocycles. The second-order valence-electron chi connectivity index (χ2n) is 4.65. The maximum Gasteiger partial charge on any atom is 0.107 e. The molecule has 18 heavy (non-hydrogen) atoms. The van der Waals surface area contributed by atoms with Crippen LogP contribution in [0.1, 0.15) is 26.7 Å². The van der Waals surface area contributed by atoms with Crippen molar-refractivity contribution in [3.05, 3.63) is 28.2 Å². The monoisotopic (exact) mass is 286 g/mol. The van der Waals surface area contributed by atoms with Gasteiger partial charge in [-0.05, 0) is 24.6 Å². The molecule has 0 amide bonds. The summed E-state index contributed by atoms with van der Waals surface area (Å²) in [6.45, 7) is 4.38. The van der Waals surface area contributed by atoms with Gasteiger partial charge in [-0.15, -0.1) is 0 Å². The van der Waals surface area contributed by atoms with E-state index in [-0.39, 0.29) is 0 Å². The van der Waals surface area contributed by atoms with Crippen molar-refractivity contribution in [2.45, 2.75) is 26.7 Å². The average Bonchev–Trinajstić information content (AvgIpc) is 2.30. The molecule has 0 radical (unpaired) electrons. The summed E-state index contributed by atoms with van der Waals surface area (Å²) in [5.74, 6) is 1.50. The molecule has 0 saturated carbocycles. The quantitative estimate of drug-likeness (QED) is 0.560. The van der Waals surface area contributed by atoms with Crippen molar-refractivity contribution in [3.63, 3.8) is 0 Å². The van der Waals surface area contributed by atoms with Gasteiger partial charge in [0.2, 0.25) is 0 Å². The number of halogens is 2. The van der Waals surface area contributed by atoms with E-state index < -0.39 is 0 Å². The molecule has 0 fully saturated rings. The van der Waals surface area contributed by atoms with Crippen molar-refractivity contribution < 1.29 is 0 Å². The third-order valence-corrected chi connectivity index (χ3v) is 3.51. The minimum atomic E-state index is 0.430. The summed E-state index contributed by atoms with van der Waals surface area (Å²) >= 11 is 11.9. The number of amidine groups is 1. The number of rotatable bonds is 4. The molecule has 100 valence electrons. The Morgan fingerprint density at radius 1 is 1.28 bits per heavy atom. The molecule has 0 bridgehead atoms. The smallest absolute Gasteiger partial charge is 0.107 e. The molecular weight excluding hydrogens is 267 g/mol. The number of nitrogens with zero attached hydrogens (tertiary/aromatic N) is 2. The van der Waals surface area contributed by atoms with Crippen molar-refractivity contribution in [2.75, 3.05) is 14.1 Å². The SMILES string of the molecule is CCC[C@H](C)C(=Nc1ccc(Cl)c(Cl)c1)N(C)C. The van der Waals surface area contributed by atoms with Crippen LogP contribution in [0.15, 0.2) is 23.2 Å². The first-order valence-electron chi connectivity index (χ1n) is 6.16. The van der Waals surface area contributed by atoms with Gasteiger partial charge in [-0.2, -0.15) is 0 Å². The van der Waals surface area contributed by atoms with Crippen LogP contribution in [0.3, 0.4) is 0 Å². The lowest BCUT2D eigenvalue weighted by Crippen LogP contribution is -2.28. The van der Waals surface area contributed by atoms with E-state index in [0.717, 1.165) is 24.4 Å². The van der Waals surface area contributed by atoms with Crippen LogP contribution in [0.2, 0.25) is 10.0 Å². The van der Waals surface area contributed by atoms with Gasteiger partial charge >= 0.3 is 0 Å². The van der Waals surface area contributed by atoms with Crippen LogP contribution >= 0.6 is 23.2 Å². The molecule has 0 aliphatic heterocycles. The fraction of sp³-hybridized carbons (Fsp3) is 0.500. The second kappa shape index (κ2) is 7.01. The van der Waals surface area contributed by atoms with E-state index in [4.69, 9.17) is 23.2 Å². The molecule has 4 heteroatoms. The highest BCUT2D eigenvalue weighted by Gasteiger charge is 2.12. The highest BCUT2D eigenvalue weighted by molar-refractivity contribution is 6.42. The van der Waals surface area contributed by atoms with E-state index in [1.54, 1.807) is 12.1 Å². The van der Waals surface area contributed by atoms with Gasteiger partial charge in [0, 0.05) is 20.0 Å². The van der Waals surface area contributed by atoms with Crippen LogP contribution in [0, 0.1) is 5.92 Å². The zero-order valence-corrected chi connectivity index (χ0v) is 12.9. The molecule has 0 heterocycles. The van der Waals surface area contributed by atoms with Crippen LogP contribution in [0.5, 0.6) is 0 Å². The molecule has 1 aromatic rings. The third kappa shape index (κ3) is 4.18. The summed E-state index contributed by atoms with van der Waals surface area (Å²) in [7, 11) is 4.03. The molecule has 0 saturated heterocycles. The van der Waals surface area contributed by atoms with Gasteiger partial charge in [-0.1, -0.05) is 43.5 Å².